The van der Waals surface area contributed by atoms with E-state index >= 15 is 0 Å². The summed E-state index contributed by atoms with van der Waals surface area (Å²) in [5.41, 5.74) is -0.498. The van der Waals surface area contributed by atoms with Gasteiger partial charge >= 0.3 is 12.1 Å². The first kappa shape index (κ1) is 23.2. The maximum absolute atomic E-state index is 13.0. The molecule has 164 valence electrons. The lowest BCUT2D eigenvalue weighted by molar-refractivity contribution is -0.185. The van der Waals surface area contributed by atoms with Crippen LogP contribution in [0.4, 0.5) is 13.2 Å². The van der Waals surface area contributed by atoms with Gasteiger partial charge in [0.1, 0.15) is 6.61 Å². The molecule has 2 aromatic rings. The molecule has 0 unspecified atom stereocenters. The number of aromatic amines is 1. The van der Waals surface area contributed by atoms with Gasteiger partial charge in [0.05, 0.1) is 12.1 Å². The number of allylic oxidation sites excluding steroid dienone is 1. The minimum absolute atomic E-state index is 0.302. The Morgan fingerprint density at radius 2 is 1.97 bits per heavy atom. The summed E-state index contributed by atoms with van der Waals surface area (Å²) >= 11 is 4.96. The quantitative estimate of drug-likeness (QED) is 0.393. The Hall–Kier alpha value is -3.06. The van der Waals surface area contributed by atoms with E-state index in [9.17, 15) is 33.0 Å². The van der Waals surface area contributed by atoms with Crippen molar-refractivity contribution in [3.8, 4) is 17.4 Å². The van der Waals surface area contributed by atoms with E-state index in [2.05, 4.69) is 4.98 Å². The first-order valence-corrected chi connectivity index (χ1v) is 8.76. The predicted molar refractivity (Wildman–Crippen MR) is 99.6 cm³/mol. The number of alkyl halides is 3. The smallest absolute Gasteiger partial charge is 0.471 e. The number of aromatic nitrogens is 2. The van der Waals surface area contributed by atoms with Crippen molar-refractivity contribution in [3.63, 3.8) is 0 Å². The van der Waals surface area contributed by atoms with E-state index in [1.165, 1.54) is 6.08 Å². The predicted octanol–water partition coefficient (Wildman–Crippen LogP) is 2.25. The number of aromatic hydroxyl groups is 2. The average Bonchev–Trinajstić information content (AvgIpc) is 2.93. The number of rotatable bonds is 6. The van der Waals surface area contributed by atoms with Crippen molar-refractivity contribution >= 4 is 18.1 Å². The van der Waals surface area contributed by atoms with E-state index < -0.39 is 60.5 Å². The summed E-state index contributed by atoms with van der Waals surface area (Å²) in [6.45, 7) is 1.37. The molecule has 0 aliphatic rings. The number of aliphatic hydroxyl groups is 1. The van der Waals surface area contributed by atoms with Crippen molar-refractivity contribution in [2.24, 2.45) is 0 Å². The summed E-state index contributed by atoms with van der Waals surface area (Å²) in [5.74, 6) is -4.58. The minimum atomic E-state index is -5.16. The third kappa shape index (κ3) is 4.91. The molecule has 30 heavy (non-hydrogen) atoms. The van der Waals surface area contributed by atoms with Crippen molar-refractivity contribution in [1.29, 1.82) is 0 Å². The van der Waals surface area contributed by atoms with Crippen LogP contribution >= 0.6 is 12.2 Å². The Bertz CT molecular complexity index is 1100. The van der Waals surface area contributed by atoms with E-state index in [0.717, 1.165) is 10.8 Å². The molecule has 0 bridgehead atoms. The number of amides is 1. The molecule has 9 nitrogen and oxygen atoms in total. The van der Waals surface area contributed by atoms with Gasteiger partial charge in [0.15, 0.2) is 10.5 Å². The number of carbonyl (C=O) groups excluding carboxylic acids is 1. The van der Waals surface area contributed by atoms with Crippen molar-refractivity contribution in [3.05, 3.63) is 44.3 Å². The van der Waals surface area contributed by atoms with Crippen molar-refractivity contribution < 1.29 is 37.7 Å². The number of halogens is 3. The number of H-pyrrole nitrogens is 1. The van der Waals surface area contributed by atoms with Crippen LogP contribution in [0.1, 0.15) is 25.2 Å². The van der Waals surface area contributed by atoms with E-state index in [1.54, 1.807) is 13.8 Å². The van der Waals surface area contributed by atoms with Crippen LogP contribution in [0.15, 0.2) is 27.1 Å². The number of hydrogen-bond acceptors (Lipinski definition) is 7. The van der Waals surface area contributed by atoms with Crippen molar-refractivity contribution in [1.82, 2.24) is 14.5 Å². The molecule has 0 fully saturated rings. The zero-order valence-corrected chi connectivity index (χ0v) is 16.6. The highest BCUT2D eigenvalue weighted by atomic mass is 32.1. The minimum Gasteiger partial charge on any atom is -0.502 e. The topological polar surface area (TPSA) is 132 Å². The number of carbonyl (C=O) groups is 1. The molecule has 0 radical (unpaired) electrons. The maximum atomic E-state index is 13.0. The van der Waals surface area contributed by atoms with Crippen LogP contribution in [0.3, 0.4) is 0 Å². The van der Waals surface area contributed by atoms with Gasteiger partial charge < -0.3 is 24.6 Å². The highest BCUT2D eigenvalue weighted by Gasteiger charge is 2.42. The van der Waals surface area contributed by atoms with E-state index in [-0.39, 0.29) is 10.3 Å². The fourth-order valence-corrected chi connectivity index (χ4v) is 2.62. The first-order chi connectivity index (χ1) is 13.9. The molecule has 0 atom stereocenters. The molecule has 2 aromatic heterocycles. The average molecular weight is 449 g/mol. The molecule has 0 spiro atoms. The Morgan fingerprint density at radius 1 is 1.33 bits per heavy atom. The summed E-state index contributed by atoms with van der Waals surface area (Å²) in [5, 5.41) is 28.8. The maximum Gasteiger partial charge on any atom is 0.471 e. The third-order valence-corrected chi connectivity index (χ3v) is 4.20. The molecule has 2 rings (SSSR count). The highest BCUT2D eigenvalue weighted by molar-refractivity contribution is 7.71. The van der Waals surface area contributed by atoms with Crippen LogP contribution in [0, 0.1) is 4.77 Å². The largest absolute Gasteiger partial charge is 0.502 e. The molecule has 1 amide bonds. The van der Waals surface area contributed by atoms with Crippen LogP contribution in [-0.4, -0.2) is 48.4 Å². The Morgan fingerprint density at radius 3 is 2.47 bits per heavy atom. The van der Waals surface area contributed by atoms with Crippen molar-refractivity contribution in [2.75, 3.05) is 6.54 Å². The van der Waals surface area contributed by atoms with Gasteiger partial charge in [-0.2, -0.15) is 13.2 Å². The van der Waals surface area contributed by atoms with E-state index in [0.29, 0.717) is 10.5 Å². The lowest BCUT2D eigenvalue weighted by atomic mass is 10.2. The number of nitrogens with zero attached hydrogens (tertiary/aromatic N) is 2. The number of aliphatic hydroxyl groups excluding tert-OH is 1. The zero-order valence-electron chi connectivity index (χ0n) is 15.8. The van der Waals surface area contributed by atoms with Crippen LogP contribution in [0.5, 0.6) is 11.5 Å². The van der Waals surface area contributed by atoms with Crippen LogP contribution in [-0.2, 0) is 17.9 Å². The fourth-order valence-electron chi connectivity index (χ4n) is 2.39. The Labute approximate surface area is 172 Å². The number of nitrogens with one attached hydrogen (secondary N) is 1. The number of hydrogen-bond donors (Lipinski definition) is 4. The fraction of sp³-hybridized carbons (Fsp3) is 0.353. The Balaban J connectivity index is 2.54. The molecular formula is C17H18F3N3O6S. The summed E-state index contributed by atoms with van der Waals surface area (Å²) in [6.07, 6.45) is -2.80. The van der Waals surface area contributed by atoms with Gasteiger partial charge in [0, 0.05) is 12.7 Å². The van der Waals surface area contributed by atoms with Gasteiger partial charge in [-0.05, 0) is 26.1 Å². The lowest BCUT2D eigenvalue weighted by Crippen LogP contribution is -2.42. The second-order valence-electron chi connectivity index (χ2n) is 6.43. The standard InChI is InChI=1S/C17H18F3N3O6S/c1-8(2)3-4-22(15(28)17(18,19)20)5-9-6-23(16(30)21-13(9)27)14-12(26)11(25)10(7-24)29-14/h3,6,24-26H,4-5,7H2,1-2H3,(H,21,27,30). The van der Waals surface area contributed by atoms with Gasteiger partial charge in [-0.15, -0.1) is 0 Å². The second kappa shape index (κ2) is 8.75. The summed E-state index contributed by atoms with van der Waals surface area (Å²) in [6, 6.07) is 0. The molecule has 4 N–H and O–H groups in total. The molecule has 13 heteroatoms. The van der Waals surface area contributed by atoms with Gasteiger partial charge in [0.25, 0.3) is 11.4 Å². The van der Waals surface area contributed by atoms with Gasteiger partial charge in [0.2, 0.25) is 11.5 Å². The molecule has 2 heterocycles. The van der Waals surface area contributed by atoms with E-state index in [1.807, 2.05) is 0 Å². The first-order valence-electron chi connectivity index (χ1n) is 8.36. The molecule has 0 saturated carbocycles. The summed E-state index contributed by atoms with van der Waals surface area (Å²) in [7, 11) is 0. The third-order valence-electron chi connectivity index (χ3n) is 3.90. The lowest BCUT2D eigenvalue weighted by Gasteiger charge is -2.22. The molecule has 0 saturated heterocycles. The second-order valence-corrected chi connectivity index (χ2v) is 6.82. The van der Waals surface area contributed by atoms with Crippen LogP contribution in [0.25, 0.3) is 5.88 Å². The van der Waals surface area contributed by atoms with Crippen LogP contribution in [0.2, 0.25) is 0 Å². The van der Waals surface area contributed by atoms with Gasteiger partial charge in [-0.1, -0.05) is 11.6 Å². The van der Waals surface area contributed by atoms with Crippen molar-refractivity contribution in [2.45, 2.75) is 33.2 Å². The van der Waals surface area contributed by atoms with Gasteiger partial charge in [-0.25, -0.2) is 0 Å². The van der Waals surface area contributed by atoms with E-state index in [4.69, 9.17) is 21.7 Å². The Kier molecular flexibility index (Phi) is 6.77. The highest BCUT2D eigenvalue weighted by Crippen LogP contribution is 2.38. The van der Waals surface area contributed by atoms with Crippen LogP contribution < -0.4 is 5.56 Å². The number of furan rings is 1. The summed E-state index contributed by atoms with van der Waals surface area (Å²) in [4.78, 5) is 26.6. The molecule has 0 aromatic carbocycles. The van der Waals surface area contributed by atoms with Gasteiger partial charge in [-0.3, -0.25) is 19.1 Å². The SMILES string of the molecule is CC(C)=CCN(Cc1cn(-c2oc(CO)c(O)c2O)c(=S)[nH]c1=O)C(=O)C(F)(F)F. The molecular weight excluding hydrogens is 431 g/mol. The zero-order chi connectivity index (χ0) is 22.8. The molecule has 0 aliphatic heterocycles. The monoisotopic (exact) mass is 449 g/mol. The molecule has 0 aliphatic carbocycles. The summed E-state index contributed by atoms with van der Waals surface area (Å²) < 4.78 is 44.5. The normalized spacial score (nSPS) is 11.4.